The van der Waals surface area contributed by atoms with Crippen LogP contribution in [0, 0.1) is 5.82 Å². The highest BCUT2D eigenvalue weighted by molar-refractivity contribution is 9.10. The zero-order valence-electron chi connectivity index (χ0n) is 10.9. The fraction of sp³-hybridized carbons (Fsp3) is 0.133. The molecule has 1 heterocycles. The lowest BCUT2D eigenvalue weighted by atomic mass is 10.2. The van der Waals surface area contributed by atoms with Crippen LogP contribution in [0.4, 0.5) is 10.1 Å². The van der Waals surface area contributed by atoms with Crippen LogP contribution in [0.2, 0.25) is 0 Å². The van der Waals surface area contributed by atoms with E-state index in [1.165, 1.54) is 12.1 Å². The second-order valence-electron chi connectivity index (χ2n) is 4.56. The summed E-state index contributed by atoms with van der Waals surface area (Å²) in [5.74, 6) is 0.644. The molecular weight excluding hydrogens is 321 g/mol. The first-order chi connectivity index (χ1) is 9.60. The van der Waals surface area contributed by atoms with Gasteiger partial charge >= 0.3 is 0 Å². The Morgan fingerprint density at radius 1 is 1.25 bits per heavy atom. The standard InChI is InChI=1S/C15H13BrFN3/c1-2-15-19-12-8-10(18)4-6-14(12)20(15)13-5-3-9(17)7-11(13)16/h3-8H,2,18H2,1H3. The topological polar surface area (TPSA) is 43.8 Å². The molecule has 0 aliphatic rings. The van der Waals surface area contributed by atoms with Gasteiger partial charge < -0.3 is 5.73 Å². The van der Waals surface area contributed by atoms with Crippen LogP contribution in [0.1, 0.15) is 12.7 Å². The van der Waals surface area contributed by atoms with Gasteiger partial charge in [-0.05, 0) is 52.3 Å². The second-order valence-corrected chi connectivity index (χ2v) is 5.42. The van der Waals surface area contributed by atoms with E-state index in [-0.39, 0.29) is 5.82 Å². The molecule has 3 rings (SSSR count). The zero-order valence-corrected chi connectivity index (χ0v) is 12.5. The summed E-state index contributed by atoms with van der Waals surface area (Å²) in [4.78, 5) is 4.60. The molecule has 2 N–H and O–H groups in total. The third-order valence-corrected chi connectivity index (χ3v) is 3.85. The molecule has 0 radical (unpaired) electrons. The average Bonchev–Trinajstić information content (AvgIpc) is 2.76. The molecule has 0 amide bonds. The van der Waals surface area contributed by atoms with Crippen LogP contribution in [0.5, 0.6) is 0 Å². The molecule has 3 aromatic rings. The highest BCUT2D eigenvalue weighted by atomic mass is 79.9. The van der Waals surface area contributed by atoms with Crippen LogP contribution in [-0.4, -0.2) is 9.55 Å². The number of aromatic nitrogens is 2. The van der Waals surface area contributed by atoms with Gasteiger partial charge in [-0.3, -0.25) is 4.57 Å². The highest BCUT2D eigenvalue weighted by Crippen LogP contribution is 2.28. The third-order valence-electron chi connectivity index (χ3n) is 3.21. The number of nitrogen functional groups attached to an aromatic ring is 1. The number of benzene rings is 2. The molecule has 0 atom stereocenters. The molecule has 2 aromatic carbocycles. The van der Waals surface area contributed by atoms with E-state index >= 15 is 0 Å². The molecule has 0 fully saturated rings. The van der Waals surface area contributed by atoms with Gasteiger partial charge in [0.2, 0.25) is 0 Å². The highest BCUT2D eigenvalue weighted by Gasteiger charge is 2.13. The Kier molecular flexibility index (Phi) is 3.22. The van der Waals surface area contributed by atoms with Crippen LogP contribution in [0.25, 0.3) is 16.7 Å². The van der Waals surface area contributed by atoms with Gasteiger partial charge in [-0.1, -0.05) is 6.92 Å². The summed E-state index contributed by atoms with van der Waals surface area (Å²) in [5, 5.41) is 0. The van der Waals surface area contributed by atoms with Crippen LogP contribution in [0.3, 0.4) is 0 Å². The summed E-state index contributed by atoms with van der Waals surface area (Å²) >= 11 is 3.42. The van der Waals surface area contributed by atoms with E-state index in [9.17, 15) is 4.39 Å². The molecule has 0 aliphatic heterocycles. The maximum absolute atomic E-state index is 13.3. The first-order valence-electron chi connectivity index (χ1n) is 6.32. The van der Waals surface area contributed by atoms with Gasteiger partial charge in [0, 0.05) is 16.6 Å². The third kappa shape index (κ3) is 2.08. The van der Waals surface area contributed by atoms with E-state index in [1.54, 1.807) is 6.07 Å². The van der Waals surface area contributed by atoms with Crippen molar-refractivity contribution in [3.63, 3.8) is 0 Å². The Labute approximate surface area is 124 Å². The number of aryl methyl sites for hydroxylation is 1. The number of anilines is 1. The molecule has 20 heavy (non-hydrogen) atoms. The minimum atomic E-state index is -0.271. The summed E-state index contributed by atoms with van der Waals surface area (Å²) < 4.78 is 16.0. The lowest BCUT2D eigenvalue weighted by Crippen LogP contribution is -2.01. The monoisotopic (exact) mass is 333 g/mol. The van der Waals surface area contributed by atoms with Crippen molar-refractivity contribution < 1.29 is 4.39 Å². The Hall–Kier alpha value is -1.88. The van der Waals surface area contributed by atoms with Gasteiger partial charge in [-0.15, -0.1) is 0 Å². The van der Waals surface area contributed by atoms with Crippen molar-refractivity contribution >= 4 is 32.7 Å². The van der Waals surface area contributed by atoms with E-state index in [1.807, 2.05) is 29.7 Å². The van der Waals surface area contributed by atoms with Gasteiger partial charge in [-0.25, -0.2) is 9.37 Å². The molecule has 5 heteroatoms. The lowest BCUT2D eigenvalue weighted by Gasteiger charge is -2.10. The van der Waals surface area contributed by atoms with E-state index in [2.05, 4.69) is 20.9 Å². The molecule has 0 saturated heterocycles. The molecule has 102 valence electrons. The molecular formula is C15H13BrFN3. The molecule has 3 nitrogen and oxygen atoms in total. The van der Waals surface area contributed by atoms with Crippen molar-refractivity contribution in [3.05, 3.63) is 52.5 Å². The molecule has 1 aromatic heterocycles. The second kappa shape index (κ2) is 4.90. The number of nitrogens with two attached hydrogens (primary N) is 1. The van der Waals surface area contributed by atoms with Gasteiger partial charge in [0.1, 0.15) is 11.6 Å². The number of hydrogen-bond donors (Lipinski definition) is 1. The van der Waals surface area contributed by atoms with Crippen molar-refractivity contribution in [2.24, 2.45) is 0 Å². The predicted octanol–water partition coefficient (Wildman–Crippen LogP) is 4.07. The summed E-state index contributed by atoms with van der Waals surface area (Å²) in [7, 11) is 0. The number of hydrogen-bond acceptors (Lipinski definition) is 2. The smallest absolute Gasteiger partial charge is 0.124 e. The van der Waals surface area contributed by atoms with Crippen molar-refractivity contribution in [2.75, 3.05) is 5.73 Å². The minimum Gasteiger partial charge on any atom is -0.399 e. The number of halogens is 2. The summed E-state index contributed by atoms with van der Waals surface area (Å²) in [6.45, 7) is 2.04. The summed E-state index contributed by atoms with van der Waals surface area (Å²) in [6, 6.07) is 10.3. The van der Waals surface area contributed by atoms with Gasteiger partial charge in [0.25, 0.3) is 0 Å². The number of nitrogens with zero attached hydrogens (tertiary/aromatic N) is 2. The number of rotatable bonds is 2. The van der Waals surface area contributed by atoms with E-state index in [0.29, 0.717) is 10.2 Å². The SMILES string of the molecule is CCc1nc2cc(N)ccc2n1-c1ccc(F)cc1Br. The van der Waals surface area contributed by atoms with Crippen molar-refractivity contribution in [1.29, 1.82) is 0 Å². The summed E-state index contributed by atoms with van der Waals surface area (Å²) in [6.07, 6.45) is 0.776. The van der Waals surface area contributed by atoms with E-state index in [4.69, 9.17) is 5.73 Å². The zero-order chi connectivity index (χ0) is 14.3. The van der Waals surface area contributed by atoms with E-state index in [0.717, 1.165) is 29.0 Å². The largest absolute Gasteiger partial charge is 0.399 e. The Balaban J connectivity index is 2.34. The molecule has 0 saturated carbocycles. The van der Waals surface area contributed by atoms with E-state index < -0.39 is 0 Å². The maximum atomic E-state index is 13.3. The molecule has 0 unspecified atom stereocenters. The minimum absolute atomic E-state index is 0.271. The Morgan fingerprint density at radius 2 is 2.05 bits per heavy atom. The molecule has 0 aliphatic carbocycles. The number of fused-ring (bicyclic) bond motifs is 1. The van der Waals surface area contributed by atoms with Gasteiger partial charge in [0.05, 0.1) is 16.7 Å². The average molecular weight is 334 g/mol. The van der Waals surface area contributed by atoms with Gasteiger partial charge in [0.15, 0.2) is 0 Å². The van der Waals surface area contributed by atoms with Crippen molar-refractivity contribution in [1.82, 2.24) is 9.55 Å². The van der Waals surface area contributed by atoms with Crippen LogP contribution in [-0.2, 0) is 6.42 Å². The van der Waals surface area contributed by atoms with Gasteiger partial charge in [-0.2, -0.15) is 0 Å². The van der Waals surface area contributed by atoms with Crippen molar-refractivity contribution in [3.8, 4) is 5.69 Å². The quantitative estimate of drug-likeness (QED) is 0.718. The maximum Gasteiger partial charge on any atom is 0.124 e. The summed E-state index contributed by atoms with van der Waals surface area (Å²) in [5.41, 5.74) is 9.17. The molecule has 0 bridgehead atoms. The number of imidazole rings is 1. The Bertz CT molecular complexity index is 795. The van der Waals surface area contributed by atoms with Crippen LogP contribution < -0.4 is 5.73 Å². The first kappa shape index (κ1) is 13.1. The first-order valence-corrected chi connectivity index (χ1v) is 7.11. The normalized spacial score (nSPS) is 11.2. The predicted molar refractivity (Wildman–Crippen MR) is 82.5 cm³/mol. The van der Waals surface area contributed by atoms with Crippen LogP contribution >= 0.6 is 15.9 Å². The fourth-order valence-corrected chi connectivity index (χ4v) is 2.84. The van der Waals surface area contributed by atoms with Crippen LogP contribution in [0.15, 0.2) is 40.9 Å². The fourth-order valence-electron chi connectivity index (χ4n) is 2.32. The lowest BCUT2D eigenvalue weighted by molar-refractivity contribution is 0.626. The Morgan fingerprint density at radius 3 is 2.75 bits per heavy atom. The molecule has 0 spiro atoms. The van der Waals surface area contributed by atoms with Crippen molar-refractivity contribution in [2.45, 2.75) is 13.3 Å².